The van der Waals surface area contributed by atoms with Crippen LogP contribution in [-0.2, 0) is 4.79 Å². The number of amides is 1. The fourth-order valence-electron chi connectivity index (χ4n) is 3.27. The quantitative estimate of drug-likeness (QED) is 0.396. The number of hydrazone groups is 1. The van der Waals surface area contributed by atoms with Crippen LogP contribution in [0, 0.1) is 0 Å². The van der Waals surface area contributed by atoms with Crippen LogP contribution >= 0.6 is 23.2 Å². The summed E-state index contributed by atoms with van der Waals surface area (Å²) >= 11 is 12.8. The number of halogens is 2. The summed E-state index contributed by atoms with van der Waals surface area (Å²) in [4.78, 5) is 13.3. The summed E-state index contributed by atoms with van der Waals surface area (Å²) in [5, 5.41) is 6.84. The minimum Gasteiger partial charge on any atom is -0.490 e. The van der Waals surface area contributed by atoms with E-state index < -0.39 is 0 Å². The Morgan fingerprint density at radius 1 is 0.968 bits per heavy atom. The number of ether oxygens (including phenoxy) is 1. The van der Waals surface area contributed by atoms with Gasteiger partial charge in [-0.25, -0.2) is 0 Å². The summed E-state index contributed by atoms with van der Waals surface area (Å²) in [7, 11) is 0. The van der Waals surface area contributed by atoms with Gasteiger partial charge in [0.2, 0.25) is 0 Å². The minimum absolute atomic E-state index is 0.219. The van der Waals surface area contributed by atoms with Crippen molar-refractivity contribution in [1.82, 2.24) is 0 Å². The van der Waals surface area contributed by atoms with Crippen LogP contribution in [0.4, 0.5) is 5.69 Å². The van der Waals surface area contributed by atoms with Gasteiger partial charge in [-0.15, -0.1) is 0 Å². The fraction of sp³-hybridized carbons (Fsp3) is 0.120. The first-order valence-corrected chi connectivity index (χ1v) is 10.7. The number of hydrogen-bond acceptors (Lipinski definition) is 3. The first-order valence-electron chi connectivity index (χ1n) is 9.96. The molecule has 1 aliphatic heterocycles. The SMILES string of the molecule is CCCOc1c(Cl)cc(/C=C2\C(=O)N(c3ccccc3)N=C2c2ccccc2)cc1Cl. The van der Waals surface area contributed by atoms with E-state index in [-0.39, 0.29) is 5.91 Å². The van der Waals surface area contributed by atoms with Gasteiger partial charge in [-0.2, -0.15) is 10.1 Å². The maximum atomic E-state index is 13.3. The zero-order valence-electron chi connectivity index (χ0n) is 16.9. The van der Waals surface area contributed by atoms with Crippen LogP contribution in [0.3, 0.4) is 0 Å². The van der Waals surface area contributed by atoms with E-state index in [2.05, 4.69) is 5.10 Å². The van der Waals surface area contributed by atoms with E-state index in [4.69, 9.17) is 27.9 Å². The van der Waals surface area contributed by atoms with Crippen LogP contribution in [0.25, 0.3) is 6.08 Å². The van der Waals surface area contributed by atoms with Crippen molar-refractivity contribution >= 4 is 46.6 Å². The van der Waals surface area contributed by atoms with Crippen LogP contribution in [-0.4, -0.2) is 18.2 Å². The molecule has 156 valence electrons. The van der Waals surface area contributed by atoms with Gasteiger partial charge in [0.25, 0.3) is 5.91 Å². The van der Waals surface area contributed by atoms with Crippen molar-refractivity contribution in [2.24, 2.45) is 5.10 Å². The molecule has 0 aromatic heterocycles. The summed E-state index contributed by atoms with van der Waals surface area (Å²) in [6.07, 6.45) is 2.61. The van der Waals surface area contributed by atoms with E-state index in [1.807, 2.05) is 67.6 Å². The average molecular weight is 451 g/mol. The largest absolute Gasteiger partial charge is 0.490 e. The van der Waals surface area contributed by atoms with Crippen LogP contribution in [0.2, 0.25) is 10.0 Å². The Morgan fingerprint density at radius 3 is 2.19 bits per heavy atom. The molecular formula is C25H20Cl2N2O2. The molecule has 4 rings (SSSR count). The van der Waals surface area contributed by atoms with Crippen molar-refractivity contribution in [1.29, 1.82) is 0 Å². The van der Waals surface area contributed by atoms with Gasteiger partial charge in [-0.3, -0.25) is 4.79 Å². The molecule has 1 amide bonds. The lowest BCUT2D eigenvalue weighted by Gasteiger charge is -2.11. The van der Waals surface area contributed by atoms with Crippen molar-refractivity contribution in [2.75, 3.05) is 11.6 Å². The highest BCUT2D eigenvalue weighted by molar-refractivity contribution is 6.39. The first-order chi connectivity index (χ1) is 15.1. The summed E-state index contributed by atoms with van der Waals surface area (Å²) in [5.74, 6) is 0.233. The lowest BCUT2D eigenvalue weighted by atomic mass is 10.00. The Balaban J connectivity index is 1.78. The average Bonchev–Trinajstić information content (AvgIpc) is 3.10. The van der Waals surface area contributed by atoms with E-state index in [0.29, 0.717) is 44.9 Å². The smallest absolute Gasteiger partial charge is 0.281 e. The molecule has 0 aliphatic carbocycles. The van der Waals surface area contributed by atoms with Gasteiger partial charge >= 0.3 is 0 Å². The third-order valence-corrected chi connectivity index (χ3v) is 5.27. The van der Waals surface area contributed by atoms with Crippen molar-refractivity contribution in [3.05, 3.63) is 99.5 Å². The molecule has 1 aliphatic rings. The molecule has 3 aromatic carbocycles. The fourth-order valence-corrected chi connectivity index (χ4v) is 3.88. The highest BCUT2D eigenvalue weighted by atomic mass is 35.5. The zero-order valence-corrected chi connectivity index (χ0v) is 18.4. The Labute approximate surface area is 191 Å². The van der Waals surface area contributed by atoms with E-state index in [9.17, 15) is 4.79 Å². The van der Waals surface area contributed by atoms with E-state index >= 15 is 0 Å². The molecule has 0 N–H and O–H groups in total. The Kier molecular flexibility index (Phi) is 6.40. The van der Waals surface area contributed by atoms with Crippen LogP contribution in [0.5, 0.6) is 5.75 Å². The van der Waals surface area contributed by atoms with Gasteiger partial charge < -0.3 is 4.74 Å². The van der Waals surface area contributed by atoms with Gasteiger partial charge in [0.1, 0.15) is 5.71 Å². The summed E-state index contributed by atoms with van der Waals surface area (Å²) in [6, 6.07) is 22.4. The molecule has 3 aromatic rings. The number of benzene rings is 3. The minimum atomic E-state index is -0.219. The lowest BCUT2D eigenvalue weighted by Crippen LogP contribution is -2.21. The van der Waals surface area contributed by atoms with E-state index in [1.54, 1.807) is 18.2 Å². The number of anilines is 1. The summed E-state index contributed by atoms with van der Waals surface area (Å²) in [6.45, 7) is 2.53. The van der Waals surface area contributed by atoms with Gasteiger partial charge in [-0.05, 0) is 42.3 Å². The van der Waals surface area contributed by atoms with Crippen LogP contribution in [0.1, 0.15) is 24.5 Å². The number of carbonyl (C=O) groups is 1. The van der Waals surface area contributed by atoms with Crippen molar-refractivity contribution in [3.63, 3.8) is 0 Å². The summed E-state index contributed by atoms with van der Waals surface area (Å²) in [5.41, 5.74) is 3.29. The van der Waals surface area contributed by atoms with Crippen molar-refractivity contribution in [3.8, 4) is 5.75 Å². The molecular weight excluding hydrogens is 431 g/mol. The lowest BCUT2D eigenvalue weighted by molar-refractivity contribution is -0.114. The van der Waals surface area contributed by atoms with Crippen LogP contribution in [0.15, 0.2) is 83.5 Å². The highest BCUT2D eigenvalue weighted by Gasteiger charge is 2.32. The second kappa shape index (κ2) is 9.38. The second-order valence-electron chi connectivity index (χ2n) is 6.99. The van der Waals surface area contributed by atoms with E-state index in [0.717, 1.165) is 12.0 Å². The molecule has 0 bridgehead atoms. The number of hydrogen-bond donors (Lipinski definition) is 0. The Morgan fingerprint density at radius 2 is 1.58 bits per heavy atom. The molecule has 0 unspecified atom stereocenters. The molecule has 0 spiro atoms. The molecule has 0 saturated carbocycles. The molecule has 0 atom stereocenters. The normalized spacial score (nSPS) is 14.8. The Hall–Kier alpha value is -3.08. The monoisotopic (exact) mass is 450 g/mol. The van der Waals surface area contributed by atoms with Gasteiger partial charge in [0, 0.05) is 5.56 Å². The molecule has 6 heteroatoms. The maximum absolute atomic E-state index is 13.3. The molecule has 0 saturated heterocycles. The third kappa shape index (κ3) is 4.50. The first kappa shape index (κ1) is 21.2. The topological polar surface area (TPSA) is 41.9 Å². The van der Waals surface area contributed by atoms with Gasteiger partial charge in [-0.1, -0.05) is 78.7 Å². The second-order valence-corrected chi connectivity index (χ2v) is 7.80. The number of nitrogens with zero attached hydrogens (tertiary/aromatic N) is 2. The number of rotatable bonds is 6. The highest BCUT2D eigenvalue weighted by Crippen LogP contribution is 2.36. The third-order valence-electron chi connectivity index (χ3n) is 4.71. The van der Waals surface area contributed by atoms with Gasteiger partial charge in [0.05, 0.1) is 27.9 Å². The molecule has 0 fully saturated rings. The van der Waals surface area contributed by atoms with E-state index in [1.165, 1.54) is 5.01 Å². The number of carbonyl (C=O) groups excluding carboxylic acids is 1. The van der Waals surface area contributed by atoms with Crippen LogP contribution < -0.4 is 9.75 Å². The van der Waals surface area contributed by atoms with Gasteiger partial charge in [0.15, 0.2) is 5.75 Å². The Bertz CT molecular complexity index is 1140. The predicted molar refractivity (Wildman–Crippen MR) is 127 cm³/mol. The van der Waals surface area contributed by atoms with Crippen molar-refractivity contribution < 1.29 is 9.53 Å². The molecule has 0 radical (unpaired) electrons. The molecule has 31 heavy (non-hydrogen) atoms. The number of para-hydroxylation sites is 1. The maximum Gasteiger partial charge on any atom is 0.281 e. The summed E-state index contributed by atoms with van der Waals surface area (Å²) < 4.78 is 5.64. The molecule has 4 nitrogen and oxygen atoms in total. The van der Waals surface area contributed by atoms with Crippen molar-refractivity contribution in [2.45, 2.75) is 13.3 Å². The standard InChI is InChI=1S/C25H20Cl2N2O2/c1-2-13-31-24-21(26)15-17(16-22(24)27)14-20-23(18-9-5-3-6-10-18)28-29(25(20)30)19-11-7-4-8-12-19/h3-12,14-16H,2,13H2,1H3/b20-14-. The predicted octanol–water partition coefficient (Wildman–Crippen LogP) is 6.62. The molecule has 1 heterocycles. The zero-order chi connectivity index (χ0) is 21.8.